The number of fused-ring (bicyclic) bond motifs is 7. The van der Waals surface area contributed by atoms with Crippen LogP contribution in [0.4, 0.5) is 17.1 Å². The molecular formula is C42H29N3S3. The Morgan fingerprint density at radius 1 is 0.750 bits per heavy atom. The fourth-order valence-electron chi connectivity index (χ4n) is 7.44. The minimum Gasteiger partial charge on any atom is -0.308 e. The molecule has 0 amide bonds. The number of aliphatic imine (C=N–C) groups is 1. The number of thiazole rings is 1. The molecule has 2 aliphatic heterocycles. The average Bonchev–Trinajstić information content (AvgIpc) is 3.67. The Bertz CT molecular complexity index is 2450. The first kappa shape index (κ1) is 28.4. The van der Waals surface area contributed by atoms with E-state index in [0.717, 1.165) is 39.5 Å². The maximum Gasteiger partial charge on any atom is 0.124 e. The third-order valence-corrected chi connectivity index (χ3v) is 13.0. The maximum atomic E-state index is 5.11. The first-order valence-electron chi connectivity index (χ1n) is 16.2. The molecule has 3 nitrogen and oxygen atoms in total. The first-order chi connectivity index (χ1) is 23.5. The van der Waals surface area contributed by atoms with Gasteiger partial charge in [0.2, 0.25) is 0 Å². The number of rotatable bonds is 3. The third-order valence-electron chi connectivity index (χ3n) is 9.82. The fraction of sp³-hybridized carbons (Fsp3) is 0.0952. The lowest BCUT2D eigenvalue weighted by atomic mass is 9.82. The highest BCUT2D eigenvalue weighted by Gasteiger charge is 2.39. The van der Waals surface area contributed by atoms with Crippen LogP contribution in [0, 0.1) is 0 Å². The van der Waals surface area contributed by atoms with Crippen molar-refractivity contribution in [1.82, 2.24) is 4.98 Å². The quantitative estimate of drug-likeness (QED) is 0.187. The van der Waals surface area contributed by atoms with Crippen molar-refractivity contribution in [3.8, 4) is 21.7 Å². The minimum atomic E-state index is -0.0788. The lowest BCUT2D eigenvalue weighted by molar-refractivity contribution is 0.660. The van der Waals surface area contributed by atoms with Crippen LogP contribution in [-0.2, 0) is 5.41 Å². The Morgan fingerprint density at radius 2 is 1.52 bits per heavy atom. The molecule has 0 saturated carbocycles. The van der Waals surface area contributed by atoms with Gasteiger partial charge in [-0.15, -0.1) is 11.3 Å². The summed E-state index contributed by atoms with van der Waals surface area (Å²) in [6.07, 6.45) is 7.36. The van der Waals surface area contributed by atoms with Crippen molar-refractivity contribution >= 4 is 73.5 Å². The van der Waals surface area contributed by atoms with Crippen LogP contribution >= 0.6 is 34.9 Å². The summed E-state index contributed by atoms with van der Waals surface area (Å²) >= 11 is 5.38. The SMILES string of the molecule is CC1(C)c2ccccc2-c2c(N3c4ccc(C5=CSC6=CC=CCC6=N5)cc4Sc4cc(-c5nc6ccccc6s5)ccc43)cccc21. The number of aromatic nitrogens is 1. The third kappa shape index (κ3) is 4.29. The molecule has 0 spiro atoms. The van der Waals surface area contributed by atoms with Gasteiger partial charge in [-0.05, 0) is 71.3 Å². The van der Waals surface area contributed by atoms with Crippen LogP contribution in [0.3, 0.4) is 0 Å². The molecule has 1 aromatic heterocycles. The summed E-state index contributed by atoms with van der Waals surface area (Å²) in [6.45, 7) is 4.71. The largest absolute Gasteiger partial charge is 0.308 e. The standard InChI is InChI=1S/C42H29N3S3/c1-42(2)28-11-4-3-10-27(28)40-29(42)12-9-15-35(40)45-33-20-18-25(32-24-46-36-16-7-5-13-30(36)43-32)22-38(33)47-39-23-26(19-21-34(39)45)41-44-31-14-6-8-17-37(31)48-41/h3-12,14-24H,13H2,1-2H3. The van der Waals surface area contributed by atoms with Gasteiger partial charge in [0, 0.05) is 48.6 Å². The summed E-state index contributed by atoms with van der Waals surface area (Å²) in [4.78, 5) is 16.3. The first-order valence-corrected chi connectivity index (χ1v) is 18.7. The van der Waals surface area contributed by atoms with Gasteiger partial charge in [-0.3, -0.25) is 4.99 Å². The second-order valence-corrected chi connectivity index (χ2v) is 16.0. The van der Waals surface area contributed by atoms with E-state index in [0.29, 0.717) is 0 Å². The second kappa shape index (κ2) is 10.7. The van der Waals surface area contributed by atoms with Crippen molar-refractivity contribution in [2.24, 2.45) is 4.99 Å². The number of anilines is 3. The summed E-state index contributed by atoms with van der Waals surface area (Å²) in [5.41, 5.74) is 14.4. The van der Waals surface area contributed by atoms with E-state index in [4.69, 9.17) is 9.98 Å². The van der Waals surface area contributed by atoms with E-state index in [-0.39, 0.29) is 5.41 Å². The number of hydrogen-bond acceptors (Lipinski definition) is 6. The molecule has 0 N–H and O–H groups in total. The van der Waals surface area contributed by atoms with E-state index in [1.165, 1.54) is 58.7 Å². The van der Waals surface area contributed by atoms with Gasteiger partial charge in [-0.25, -0.2) is 4.98 Å². The van der Waals surface area contributed by atoms with Crippen LogP contribution in [0.15, 0.2) is 146 Å². The van der Waals surface area contributed by atoms with Crippen molar-refractivity contribution in [3.05, 3.63) is 148 Å². The minimum absolute atomic E-state index is 0.0788. The number of para-hydroxylation sites is 1. The lowest BCUT2D eigenvalue weighted by Crippen LogP contribution is -2.18. The summed E-state index contributed by atoms with van der Waals surface area (Å²) in [5.74, 6) is 0. The molecule has 0 fully saturated rings. The van der Waals surface area contributed by atoms with Crippen molar-refractivity contribution in [2.75, 3.05) is 4.90 Å². The number of hydrogen-bond donors (Lipinski definition) is 0. The molecule has 0 radical (unpaired) electrons. The molecule has 3 heterocycles. The van der Waals surface area contributed by atoms with Crippen LogP contribution in [0.25, 0.3) is 37.6 Å². The molecule has 5 aromatic carbocycles. The van der Waals surface area contributed by atoms with Gasteiger partial charge in [0.1, 0.15) is 5.01 Å². The monoisotopic (exact) mass is 671 g/mol. The highest BCUT2D eigenvalue weighted by molar-refractivity contribution is 8.07. The highest BCUT2D eigenvalue weighted by atomic mass is 32.2. The molecule has 0 bridgehead atoms. The van der Waals surface area contributed by atoms with Crippen molar-refractivity contribution < 1.29 is 0 Å². The molecule has 6 aromatic rings. The Balaban J connectivity index is 1.16. The zero-order valence-corrected chi connectivity index (χ0v) is 28.8. The number of allylic oxidation sites excluding steroid dienone is 4. The van der Waals surface area contributed by atoms with Gasteiger partial charge in [0.05, 0.1) is 38.7 Å². The van der Waals surface area contributed by atoms with E-state index < -0.39 is 0 Å². The zero-order chi connectivity index (χ0) is 32.0. The summed E-state index contributed by atoms with van der Waals surface area (Å²) in [5, 5.41) is 3.25. The Labute approximate surface area is 292 Å². The van der Waals surface area contributed by atoms with Gasteiger partial charge in [-0.2, -0.15) is 0 Å². The topological polar surface area (TPSA) is 28.5 Å². The zero-order valence-electron chi connectivity index (χ0n) is 26.4. The molecule has 2 aliphatic carbocycles. The maximum absolute atomic E-state index is 5.11. The Hall–Kier alpha value is -4.62. The number of thioether (sulfide) groups is 1. The molecule has 4 aliphatic rings. The van der Waals surface area contributed by atoms with Crippen LogP contribution in [-0.4, -0.2) is 10.7 Å². The molecule has 230 valence electrons. The molecular weight excluding hydrogens is 643 g/mol. The molecule has 6 heteroatoms. The van der Waals surface area contributed by atoms with Crippen LogP contribution in [0.1, 0.15) is 37.0 Å². The van der Waals surface area contributed by atoms with Crippen molar-refractivity contribution in [2.45, 2.75) is 35.5 Å². The summed E-state index contributed by atoms with van der Waals surface area (Å²) in [6, 6.07) is 37.9. The molecule has 48 heavy (non-hydrogen) atoms. The Kier molecular flexibility index (Phi) is 6.33. The normalized spacial score (nSPS) is 16.7. The van der Waals surface area contributed by atoms with E-state index in [9.17, 15) is 0 Å². The number of benzene rings is 5. The fourth-order valence-corrected chi connectivity index (χ4v) is 10.4. The van der Waals surface area contributed by atoms with Gasteiger partial charge >= 0.3 is 0 Å². The van der Waals surface area contributed by atoms with Crippen LogP contribution < -0.4 is 4.90 Å². The average molecular weight is 672 g/mol. The van der Waals surface area contributed by atoms with E-state index >= 15 is 0 Å². The summed E-state index contributed by atoms with van der Waals surface area (Å²) < 4.78 is 1.21. The molecule has 10 rings (SSSR count). The van der Waals surface area contributed by atoms with E-state index in [1.54, 1.807) is 23.1 Å². The lowest BCUT2D eigenvalue weighted by Gasteiger charge is -2.35. The van der Waals surface area contributed by atoms with Gasteiger partial charge in [0.25, 0.3) is 0 Å². The van der Waals surface area contributed by atoms with Crippen LogP contribution in [0.5, 0.6) is 0 Å². The van der Waals surface area contributed by atoms with Crippen LogP contribution in [0.2, 0.25) is 0 Å². The van der Waals surface area contributed by atoms with Gasteiger partial charge in [0.15, 0.2) is 0 Å². The summed E-state index contributed by atoms with van der Waals surface area (Å²) in [7, 11) is 0. The Morgan fingerprint density at radius 3 is 2.40 bits per heavy atom. The molecule has 0 saturated heterocycles. The van der Waals surface area contributed by atoms with Gasteiger partial charge < -0.3 is 4.90 Å². The predicted molar refractivity (Wildman–Crippen MR) is 206 cm³/mol. The number of nitrogens with zero attached hydrogens (tertiary/aromatic N) is 3. The van der Waals surface area contributed by atoms with Gasteiger partial charge in [-0.1, -0.05) is 104 Å². The smallest absolute Gasteiger partial charge is 0.124 e. The highest BCUT2D eigenvalue weighted by Crippen LogP contribution is 2.58. The molecule has 0 unspecified atom stereocenters. The van der Waals surface area contributed by atoms with Crippen molar-refractivity contribution in [3.63, 3.8) is 0 Å². The van der Waals surface area contributed by atoms with Crippen molar-refractivity contribution in [1.29, 1.82) is 0 Å². The molecule has 0 atom stereocenters. The van der Waals surface area contributed by atoms with E-state index in [1.807, 2.05) is 11.8 Å². The predicted octanol–water partition coefficient (Wildman–Crippen LogP) is 12.5. The second-order valence-electron chi connectivity index (χ2n) is 13.0. The van der Waals surface area contributed by atoms with E-state index in [2.05, 4.69) is 146 Å².